The number of aldehydes is 1. The van der Waals surface area contributed by atoms with Gasteiger partial charge in [0.1, 0.15) is 6.29 Å². The van der Waals surface area contributed by atoms with E-state index in [4.69, 9.17) is 54.0 Å². The quantitative estimate of drug-likeness (QED) is 0.0269. The first-order valence-electron chi connectivity index (χ1n) is 16.8. The van der Waals surface area contributed by atoms with Crippen molar-refractivity contribution >= 4 is 38.5 Å². The van der Waals surface area contributed by atoms with E-state index in [2.05, 4.69) is 51.7 Å². The second-order valence-electron chi connectivity index (χ2n) is 10.7. The molecular weight excluding hydrogens is 778 g/mol. The number of aliphatic imine (C=N–C) groups is 1. The van der Waals surface area contributed by atoms with Crippen LogP contribution in [0, 0.1) is 37.0 Å². The van der Waals surface area contributed by atoms with Crippen LogP contribution >= 0.6 is 0 Å². The molecule has 1 heterocycles. The van der Waals surface area contributed by atoms with Crippen LogP contribution < -0.4 is 35.3 Å². The molecule has 311 valence electrons. The summed E-state index contributed by atoms with van der Waals surface area (Å²) in [4.78, 5) is 50.7. The number of hydrogen-bond donors (Lipinski definition) is 7. The molecule has 0 saturated carbocycles. The third kappa shape index (κ3) is 38.5. The van der Waals surface area contributed by atoms with E-state index < -0.39 is 17.9 Å². The number of aryl methyl sites for hydroxylation is 1. The molecule has 1 saturated heterocycles. The number of phenols is 6. The third-order valence-corrected chi connectivity index (χ3v) is 5.77. The molecule has 3 aromatic rings. The number of carbonyl (C=O) groups is 4. The Morgan fingerprint density at radius 3 is 1.53 bits per heavy atom. The predicted octanol–water partition coefficient (Wildman–Crippen LogP) is 1.15. The molecule has 0 spiro atoms. The van der Waals surface area contributed by atoms with Gasteiger partial charge in [0, 0.05) is 52.2 Å². The van der Waals surface area contributed by atoms with Gasteiger partial charge in [0.05, 0.1) is 13.1 Å². The standard InChI is InChI=1S/C11H12O2.C10H9NO2.C7H6O3.C4H6O4.C4H8O.C3H5N.C2H3BO2.Na/c1-2-3-4-5-9-6-7-10(12)11(13)8-9;1-2-5-11-7-8-3-4-9(12)10(13)6-8;8-4-5-1-2-6(9)7(10)3-5;1-3(5)7-8-4(2)6;1-2-4-5-3-1;1-2-3-4;1-2(4)5-3;/h1,6-8,12-13H,3-5H2;1,3-4,6-7,12-13H,5H2;1-4,9-10H;1-2H3;1-4H2;1H,3-4H2;1H3;/q;;;;;;-1;+1. The second kappa shape index (κ2) is 40.1. The van der Waals surface area contributed by atoms with E-state index in [1.807, 2.05) is 0 Å². The van der Waals surface area contributed by atoms with E-state index in [1.54, 1.807) is 24.4 Å². The Balaban J connectivity index is -0.000000310. The molecule has 59 heavy (non-hydrogen) atoms. The van der Waals surface area contributed by atoms with Crippen LogP contribution in [-0.2, 0) is 40.0 Å². The van der Waals surface area contributed by atoms with E-state index in [9.17, 15) is 19.2 Å². The fraction of sp³-hybridized carbons (Fsp3) is 0.293. The van der Waals surface area contributed by atoms with Gasteiger partial charge in [-0.15, -0.1) is 25.2 Å². The number of unbranched alkanes of at least 4 members (excludes halogenated alkanes) is 1. The van der Waals surface area contributed by atoms with Crippen LogP contribution in [-0.4, -0.2) is 95.4 Å². The Kier molecular flexibility index (Phi) is 40.5. The molecule has 0 amide bonds. The first-order chi connectivity index (χ1) is 27.5. The zero-order valence-corrected chi connectivity index (χ0v) is 35.5. The van der Waals surface area contributed by atoms with Crippen molar-refractivity contribution in [2.75, 3.05) is 26.3 Å². The summed E-state index contributed by atoms with van der Waals surface area (Å²) >= 11 is 0. The van der Waals surface area contributed by atoms with Crippen molar-refractivity contribution in [2.24, 2.45) is 10.7 Å². The van der Waals surface area contributed by atoms with Crippen molar-refractivity contribution < 1.29 is 98.5 Å². The number of rotatable bonds is 6. The molecule has 1 aliphatic rings. The van der Waals surface area contributed by atoms with E-state index >= 15 is 0 Å². The maximum Gasteiger partial charge on any atom is 1.00 e. The molecule has 18 heteroatoms. The van der Waals surface area contributed by atoms with Gasteiger partial charge in [0.15, 0.2) is 34.5 Å². The van der Waals surface area contributed by atoms with Crippen LogP contribution in [0.4, 0.5) is 0 Å². The fourth-order valence-electron chi connectivity index (χ4n) is 3.19. The van der Waals surface area contributed by atoms with Gasteiger partial charge in [0.2, 0.25) is 5.97 Å². The Labute approximate surface area is 368 Å². The summed E-state index contributed by atoms with van der Waals surface area (Å²) in [6, 6.07) is 13.2. The largest absolute Gasteiger partial charge is 1.00 e. The van der Waals surface area contributed by atoms with E-state index in [0.29, 0.717) is 30.5 Å². The number of benzene rings is 3. The first-order valence-corrected chi connectivity index (χ1v) is 16.8. The molecular formula is C41H49BN2NaO14. The van der Waals surface area contributed by atoms with Crippen molar-refractivity contribution in [2.45, 2.75) is 52.9 Å². The average molecular weight is 828 g/mol. The predicted molar refractivity (Wildman–Crippen MR) is 217 cm³/mol. The Morgan fingerprint density at radius 1 is 0.746 bits per heavy atom. The number of ether oxygens (including phenoxy) is 1. The van der Waals surface area contributed by atoms with Gasteiger partial charge in [-0.05, 0) is 85.3 Å². The number of hydrogen-bond acceptors (Lipinski definition) is 16. The van der Waals surface area contributed by atoms with Crippen LogP contribution in [0.5, 0.6) is 34.5 Å². The van der Waals surface area contributed by atoms with Crippen molar-refractivity contribution in [1.82, 2.24) is 0 Å². The minimum absolute atomic E-state index is 0. The number of phenolic OH excluding ortho intramolecular Hbond substituents is 6. The topological polar surface area (TPSA) is 265 Å². The number of nitrogens with two attached hydrogens (primary N) is 1. The smallest absolute Gasteiger partial charge is 0.793 e. The molecule has 0 bridgehead atoms. The van der Waals surface area contributed by atoms with Crippen LogP contribution in [0.3, 0.4) is 0 Å². The fourth-order valence-corrected chi connectivity index (χ4v) is 3.19. The minimum Gasteiger partial charge on any atom is -0.793 e. The first kappa shape index (κ1) is 59.6. The molecule has 8 N–H and O–H groups in total. The van der Waals surface area contributed by atoms with E-state index in [-0.39, 0.29) is 64.1 Å². The van der Waals surface area contributed by atoms with E-state index in [1.165, 1.54) is 56.2 Å². The Bertz CT molecular complexity index is 1790. The number of aromatic hydroxyl groups is 6. The molecule has 0 aromatic heterocycles. The molecule has 3 radical (unpaired) electrons. The monoisotopic (exact) mass is 827 g/mol. The van der Waals surface area contributed by atoms with Crippen molar-refractivity contribution in [1.29, 1.82) is 0 Å². The van der Waals surface area contributed by atoms with Crippen LogP contribution in [0.1, 0.15) is 67.9 Å². The summed E-state index contributed by atoms with van der Waals surface area (Å²) < 4.78 is 8.56. The van der Waals surface area contributed by atoms with Gasteiger partial charge in [-0.3, -0.25) is 14.6 Å². The molecule has 0 unspecified atom stereocenters. The summed E-state index contributed by atoms with van der Waals surface area (Å²) in [5, 5.41) is 53.9. The number of carbonyl (C=O) groups excluding carboxylic acids is 4. The van der Waals surface area contributed by atoms with E-state index in [0.717, 1.165) is 51.9 Å². The molecule has 0 aliphatic carbocycles. The SMILES string of the molecule is C#CCCCc1ccc(O)c(O)c1.C#CCN.C#CCN=Cc1ccc(O)c(O)c1.C1CCOC1.CC(=O)OOC(C)=O.O=Cc1ccc(O)c(O)c1.[B-]OC(C)=O.[Na+]. The van der Waals surface area contributed by atoms with Crippen LogP contribution in [0.15, 0.2) is 59.6 Å². The maximum absolute atomic E-state index is 10.1. The molecule has 4 rings (SSSR count). The van der Waals surface area contributed by atoms with Gasteiger partial charge in [-0.25, -0.2) is 19.4 Å². The van der Waals surface area contributed by atoms with Crippen molar-refractivity contribution in [3.8, 4) is 71.5 Å². The van der Waals surface area contributed by atoms with Crippen molar-refractivity contribution in [3.63, 3.8) is 0 Å². The number of terminal acetylenes is 3. The van der Waals surface area contributed by atoms with Gasteiger partial charge in [-0.1, -0.05) is 17.9 Å². The molecule has 3 aromatic carbocycles. The second-order valence-corrected chi connectivity index (χ2v) is 10.7. The van der Waals surface area contributed by atoms with Crippen LogP contribution in [0.25, 0.3) is 0 Å². The summed E-state index contributed by atoms with van der Waals surface area (Å²) in [7, 11) is 4.32. The van der Waals surface area contributed by atoms with Gasteiger partial charge >= 0.3 is 41.5 Å². The third-order valence-electron chi connectivity index (χ3n) is 5.77. The van der Waals surface area contributed by atoms with Crippen molar-refractivity contribution in [3.05, 3.63) is 71.3 Å². The van der Waals surface area contributed by atoms with Crippen LogP contribution in [0.2, 0.25) is 0 Å². The Hall–Kier alpha value is -6.13. The molecule has 0 atom stereocenters. The zero-order valence-electron chi connectivity index (χ0n) is 33.5. The van der Waals surface area contributed by atoms with Gasteiger partial charge in [0.25, 0.3) is 0 Å². The average Bonchev–Trinajstić information content (AvgIpc) is 3.80. The zero-order chi connectivity index (χ0) is 44.7. The van der Waals surface area contributed by atoms with Gasteiger partial charge in [-0.2, -0.15) is 0 Å². The Morgan fingerprint density at radius 2 is 1.19 bits per heavy atom. The van der Waals surface area contributed by atoms with Gasteiger partial charge < -0.3 is 53.8 Å². The maximum atomic E-state index is 10.1. The number of nitrogens with zero attached hydrogens (tertiary/aromatic N) is 1. The molecule has 1 aliphatic heterocycles. The molecule has 1 fully saturated rings. The minimum atomic E-state index is -0.639. The summed E-state index contributed by atoms with van der Waals surface area (Å²) in [6.07, 6.45) is 21.9. The summed E-state index contributed by atoms with van der Waals surface area (Å²) in [5.74, 6) is 4.42. The summed E-state index contributed by atoms with van der Waals surface area (Å²) in [5.41, 5.74) is 6.83. The molecule has 16 nitrogen and oxygen atoms in total. The normalized spacial score (nSPS) is 9.86. The summed E-state index contributed by atoms with van der Waals surface area (Å²) in [6.45, 7) is 6.17.